The normalized spacial score (nSPS) is 13.2. The second kappa shape index (κ2) is 16.7. The monoisotopic (exact) mass is 658 g/mol. The van der Waals surface area contributed by atoms with E-state index in [1.54, 1.807) is 7.11 Å². The molecule has 3 atom stereocenters. The summed E-state index contributed by atoms with van der Waals surface area (Å²) in [4.78, 5) is 27.1. The molecule has 4 rings (SSSR count). The first kappa shape index (κ1) is 35.1. The molecular weight excluding hydrogens is 616 g/mol. The molecule has 248 valence electrons. The third-order valence-electron chi connectivity index (χ3n) is 7.65. The van der Waals surface area contributed by atoms with Crippen molar-refractivity contribution in [2.75, 3.05) is 24.1 Å². The number of amides is 2. The van der Waals surface area contributed by atoms with Crippen LogP contribution >= 0.6 is 0 Å². The number of methoxy groups -OCH3 is 1. The van der Waals surface area contributed by atoms with Crippen LogP contribution in [0.2, 0.25) is 0 Å². The second-order valence-corrected chi connectivity index (χ2v) is 13.2. The van der Waals surface area contributed by atoms with Crippen molar-refractivity contribution in [3.63, 3.8) is 0 Å². The number of hydrogen-bond acceptors (Lipinski definition) is 7. The zero-order valence-electron chi connectivity index (χ0n) is 26.8. The molecule has 4 aromatic rings. The van der Waals surface area contributed by atoms with Gasteiger partial charge in [0.1, 0.15) is 5.75 Å². The molecule has 0 saturated heterocycles. The first-order valence-corrected chi connectivity index (χ1v) is 17.1. The molecule has 0 aliphatic rings. The first-order chi connectivity index (χ1) is 22.6. The molecule has 11 heteroatoms. The van der Waals surface area contributed by atoms with E-state index in [1.807, 2.05) is 91.9 Å². The summed E-state index contributed by atoms with van der Waals surface area (Å²) in [5.74, 6) is -0.509. The van der Waals surface area contributed by atoms with Crippen LogP contribution in [0.1, 0.15) is 57.3 Å². The van der Waals surface area contributed by atoms with Crippen molar-refractivity contribution in [3.8, 4) is 5.75 Å². The molecule has 5 N–H and O–H groups in total. The van der Waals surface area contributed by atoms with Gasteiger partial charge in [0.25, 0.3) is 11.8 Å². The summed E-state index contributed by atoms with van der Waals surface area (Å²) in [7, 11) is -2.11. The van der Waals surface area contributed by atoms with Gasteiger partial charge in [0.15, 0.2) is 0 Å². The van der Waals surface area contributed by atoms with Gasteiger partial charge in [-0.1, -0.05) is 72.8 Å². The maximum Gasteiger partial charge on any atom is 0.251 e. The van der Waals surface area contributed by atoms with Gasteiger partial charge < -0.3 is 25.8 Å². The van der Waals surface area contributed by atoms with E-state index in [0.717, 1.165) is 22.4 Å². The molecule has 4 aromatic carbocycles. The molecule has 0 saturated carbocycles. The Balaban J connectivity index is 1.56. The number of ether oxygens (including phenoxy) is 1. The van der Waals surface area contributed by atoms with Crippen molar-refractivity contribution in [2.24, 2.45) is 0 Å². The van der Waals surface area contributed by atoms with Gasteiger partial charge in [0, 0.05) is 24.2 Å². The van der Waals surface area contributed by atoms with Gasteiger partial charge in [0.05, 0.1) is 36.7 Å². The largest absolute Gasteiger partial charge is 0.497 e. The predicted molar refractivity (Wildman–Crippen MR) is 184 cm³/mol. The molecule has 0 unspecified atom stereocenters. The molecule has 10 nitrogen and oxygen atoms in total. The van der Waals surface area contributed by atoms with Crippen molar-refractivity contribution in [1.82, 2.24) is 16.0 Å². The van der Waals surface area contributed by atoms with E-state index in [9.17, 15) is 23.1 Å². The third-order valence-corrected chi connectivity index (χ3v) is 8.96. The lowest BCUT2D eigenvalue weighted by atomic mass is 10.00. The molecule has 0 heterocycles. The van der Waals surface area contributed by atoms with Crippen LogP contribution in [-0.4, -0.2) is 56.9 Å². The minimum absolute atomic E-state index is 0.0634. The minimum atomic E-state index is -3.71. The quantitative estimate of drug-likeness (QED) is 0.120. The summed E-state index contributed by atoms with van der Waals surface area (Å²) in [6, 6.07) is 29.6. The Kier molecular flexibility index (Phi) is 12.5. The summed E-state index contributed by atoms with van der Waals surface area (Å²) in [5.41, 5.74) is 3.02. The van der Waals surface area contributed by atoms with Gasteiger partial charge in [-0.25, -0.2) is 8.42 Å². The van der Waals surface area contributed by atoms with Gasteiger partial charge >= 0.3 is 0 Å². The van der Waals surface area contributed by atoms with E-state index >= 15 is 0 Å². The van der Waals surface area contributed by atoms with E-state index in [1.165, 1.54) is 25.1 Å². The number of hydrogen-bond donors (Lipinski definition) is 5. The highest BCUT2D eigenvalue weighted by atomic mass is 32.2. The number of rotatable bonds is 16. The number of carbonyl (C=O) groups is 2. The number of anilines is 1. The van der Waals surface area contributed by atoms with Crippen LogP contribution in [0.25, 0.3) is 0 Å². The first-order valence-electron chi connectivity index (χ1n) is 15.4. The predicted octanol–water partition coefficient (Wildman–Crippen LogP) is 4.44. The highest BCUT2D eigenvalue weighted by Crippen LogP contribution is 2.20. The van der Waals surface area contributed by atoms with Crippen LogP contribution in [0, 0.1) is 0 Å². The number of carbonyl (C=O) groups excluding carboxylic acids is 2. The Morgan fingerprint density at radius 2 is 1.43 bits per heavy atom. The lowest BCUT2D eigenvalue weighted by Gasteiger charge is -2.25. The average molecular weight is 659 g/mol. The molecular formula is C36H42N4O6S. The van der Waals surface area contributed by atoms with Crippen LogP contribution in [0.3, 0.4) is 0 Å². The Morgan fingerprint density at radius 1 is 0.809 bits per heavy atom. The lowest BCUT2D eigenvalue weighted by Crippen LogP contribution is -2.48. The molecule has 0 fully saturated rings. The van der Waals surface area contributed by atoms with Crippen molar-refractivity contribution >= 4 is 27.5 Å². The van der Waals surface area contributed by atoms with Crippen LogP contribution in [0.15, 0.2) is 103 Å². The Morgan fingerprint density at radius 3 is 2.06 bits per heavy atom. The molecule has 0 spiro atoms. The molecule has 0 aliphatic carbocycles. The Hall–Kier alpha value is -4.71. The van der Waals surface area contributed by atoms with Gasteiger partial charge in [0.2, 0.25) is 10.0 Å². The van der Waals surface area contributed by atoms with Crippen LogP contribution in [-0.2, 0) is 23.0 Å². The fourth-order valence-corrected chi connectivity index (χ4v) is 5.62. The Labute approximate surface area is 276 Å². The average Bonchev–Trinajstić information content (AvgIpc) is 3.08. The van der Waals surface area contributed by atoms with Crippen molar-refractivity contribution in [3.05, 3.63) is 131 Å². The zero-order chi connectivity index (χ0) is 33.8. The van der Waals surface area contributed by atoms with E-state index in [4.69, 9.17) is 4.74 Å². The van der Waals surface area contributed by atoms with Crippen molar-refractivity contribution < 1.29 is 27.9 Å². The SMILES string of the molecule is CCS(=O)(=O)Nc1cc(C(=O)N[C@@H](Cc2ccccc2)[C@H](O)CNCc2cccc(OC)c2)cc(C(=O)N[C@H](C)c2ccccc2)c1. The van der Waals surface area contributed by atoms with Gasteiger partial charge in [-0.05, 0) is 67.3 Å². The minimum Gasteiger partial charge on any atom is -0.497 e. The van der Waals surface area contributed by atoms with Crippen molar-refractivity contribution in [2.45, 2.75) is 45.0 Å². The number of benzene rings is 4. The van der Waals surface area contributed by atoms with E-state index in [-0.39, 0.29) is 35.2 Å². The van der Waals surface area contributed by atoms with Crippen molar-refractivity contribution in [1.29, 1.82) is 0 Å². The second-order valence-electron chi connectivity index (χ2n) is 11.2. The standard InChI is InChI=1S/C36H42N4O6S/c1-4-47(44,45)40-31-21-29(35(42)38-25(2)28-15-9-6-10-16-28)20-30(22-31)36(43)39-33(19-26-12-7-5-8-13-26)34(41)24-37-23-27-14-11-17-32(18-27)46-3/h5-18,20-22,25,33-34,37,40-41H,4,19,23-24H2,1-3H3,(H,38,42)(H,39,43)/t25-,33+,34-/m1/s1. The van der Waals surface area contributed by atoms with Gasteiger partial charge in [-0.2, -0.15) is 0 Å². The number of sulfonamides is 1. The summed E-state index contributed by atoms with van der Waals surface area (Å²) in [6.07, 6.45) is -0.653. The van der Waals surface area contributed by atoms with E-state index in [0.29, 0.717) is 13.0 Å². The molecule has 0 aliphatic heterocycles. The highest BCUT2D eigenvalue weighted by Gasteiger charge is 2.24. The molecule has 47 heavy (non-hydrogen) atoms. The Bertz CT molecular complexity index is 1740. The molecule has 2 amide bonds. The maximum absolute atomic E-state index is 13.8. The summed E-state index contributed by atoms with van der Waals surface area (Å²) in [5, 5.41) is 20.4. The van der Waals surface area contributed by atoms with Crippen LogP contribution in [0.5, 0.6) is 5.75 Å². The van der Waals surface area contributed by atoms with Crippen LogP contribution in [0.4, 0.5) is 5.69 Å². The fraction of sp³-hybridized carbons (Fsp3) is 0.278. The summed E-state index contributed by atoms with van der Waals surface area (Å²) >= 11 is 0. The maximum atomic E-state index is 13.8. The van der Waals surface area contributed by atoms with Gasteiger partial charge in [-0.15, -0.1) is 0 Å². The molecule has 0 bridgehead atoms. The smallest absolute Gasteiger partial charge is 0.251 e. The zero-order valence-corrected chi connectivity index (χ0v) is 27.6. The number of nitrogens with one attached hydrogen (secondary N) is 4. The topological polar surface area (TPSA) is 146 Å². The number of aliphatic hydroxyl groups is 1. The molecule has 0 radical (unpaired) electrons. The van der Waals surface area contributed by atoms with Gasteiger partial charge in [-0.3, -0.25) is 14.3 Å². The summed E-state index contributed by atoms with van der Waals surface area (Å²) < 4.78 is 32.6. The summed E-state index contributed by atoms with van der Waals surface area (Å²) in [6.45, 7) is 3.98. The number of aliphatic hydroxyl groups excluding tert-OH is 1. The van der Waals surface area contributed by atoms with Crippen LogP contribution < -0.4 is 25.4 Å². The van der Waals surface area contributed by atoms with E-state index in [2.05, 4.69) is 20.7 Å². The lowest BCUT2D eigenvalue weighted by molar-refractivity contribution is 0.0830. The fourth-order valence-electron chi connectivity index (χ4n) is 5.00. The third kappa shape index (κ3) is 10.7. The molecule has 0 aromatic heterocycles. The highest BCUT2D eigenvalue weighted by molar-refractivity contribution is 7.92. The van der Waals surface area contributed by atoms with E-state index < -0.39 is 34.0 Å².